The summed E-state index contributed by atoms with van der Waals surface area (Å²) in [4.78, 5) is 0. The first-order valence-electron chi connectivity index (χ1n) is 5.87. The standard InChI is InChI=1S/C13H21NO3/c1-11(2)16-9-7-15-8-10-17-13-6-4-3-5-12(13)14/h3-6,11H,7-10,14H2,1-2H3. The lowest BCUT2D eigenvalue weighted by atomic mass is 10.3. The Hall–Kier alpha value is -1.26. The minimum absolute atomic E-state index is 0.249. The topological polar surface area (TPSA) is 53.7 Å². The van der Waals surface area contributed by atoms with E-state index in [0.29, 0.717) is 37.9 Å². The average Bonchev–Trinajstić information content (AvgIpc) is 2.30. The molecular weight excluding hydrogens is 218 g/mol. The minimum Gasteiger partial charge on any atom is -0.489 e. The quantitative estimate of drug-likeness (QED) is 0.557. The number of ether oxygens (including phenoxy) is 3. The van der Waals surface area contributed by atoms with Gasteiger partial charge in [-0.25, -0.2) is 0 Å². The number of benzene rings is 1. The predicted molar refractivity (Wildman–Crippen MR) is 68.3 cm³/mol. The summed E-state index contributed by atoms with van der Waals surface area (Å²) in [5.74, 6) is 0.703. The van der Waals surface area contributed by atoms with E-state index in [0.717, 1.165) is 0 Å². The molecule has 0 unspecified atom stereocenters. The maximum absolute atomic E-state index is 5.73. The molecular formula is C13H21NO3. The van der Waals surface area contributed by atoms with Crippen LogP contribution >= 0.6 is 0 Å². The van der Waals surface area contributed by atoms with Gasteiger partial charge < -0.3 is 19.9 Å². The predicted octanol–water partition coefficient (Wildman–Crippen LogP) is 2.09. The summed E-state index contributed by atoms with van der Waals surface area (Å²) >= 11 is 0. The molecule has 0 heterocycles. The molecule has 0 aliphatic rings. The van der Waals surface area contributed by atoms with Gasteiger partial charge in [0.25, 0.3) is 0 Å². The third kappa shape index (κ3) is 6.14. The molecule has 0 bridgehead atoms. The molecule has 4 heteroatoms. The van der Waals surface area contributed by atoms with Gasteiger partial charge in [0.1, 0.15) is 12.4 Å². The monoisotopic (exact) mass is 239 g/mol. The molecule has 0 aliphatic carbocycles. The number of nitrogen functional groups attached to an aromatic ring is 1. The van der Waals surface area contributed by atoms with Crippen molar-refractivity contribution in [3.63, 3.8) is 0 Å². The molecule has 0 atom stereocenters. The van der Waals surface area contributed by atoms with Crippen LogP contribution in [-0.2, 0) is 9.47 Å². The maximum atomic E-state index is 5.73. The van der Waals surface area contributed by atoms with Gasteiger partial charge in [0, 0.05) is 0 Å². The van der Waals surface area contributed by atoms with E-state index in [2.05, 4.69) is 0 Å². The summed E-state index contributed by atoms with van der Waals surface area (Å²) in [7, 11) is 0. The van der Waals surface area contributed by atoms with Crippen LogP contribution in [0.5, 0.6) is 5.75 Å². The highest BCUT2D eigenvalue weighted by molar-refractivity contribution is 5.51. The summed E-state index contributed by atoms with van der Waals surface area (Å²) in [5.41, 5.74) is 6.38. The Morgan fingerprint density at radius 3 is 2.47 bits per heavy atom. The second kappa shape index (κ2) is 7.92. The average molecular weight is 239 g/mol. The fraction of sp³-hybridized carbons (Fsp3) is 0.538. The summed E-state index contributed by atoms with van der Waals surface area (Å²) in [6, 6.07) is 7.43. The van der Waals surface area contributed by atoms with Gasteiger partial charge in [-0.05, 0) is 26.0 Å². The van der Waals surface area contributed by atoms with Crippen molar-refractivity contribution in [2.24, 2.45) is 0 Å². The zero-order chi connectivity index (χ0) is 12.5. The zero-order valence-corrected chi connectivity index (χ0v) is 10.5. The molecule has 0 fully saturated rings. The number of para-hydroxylation sites is 2. The van der Waals surface area contributed by atoms with Crippen LogP contribution < -0.4 is 10.5 Å². The second-order valence-corrected chi connectivity index (χ2v) is 3.92. The lowest BCUT2D eigenvalue weighted by Gasteiger charge is -2.10. The normalized spacial score (nSPS) is 10.8. The SMILES string of the molecule is CC(C)OCCOCCOc1ccccc1N. The molecule has 1 aromatic rings. The maximum Gasteiger partial charge on any atom is 0.142 e. The smallest absolute Gasteiger partial charge is 0.142 e. The van der Waals surface area contributed by atoms with Crippen molar-refractivity contribution >= 4 is 5.69 Å². The largest absolute Gasteiger partial charge is 0.489 e. The van der Waals surface area contributed by atoms with Crippen molar-refractivity contribution in [3.8, 4) is 5.75 Å². The third-order valence-electron chi connectivity index (χ3n) is 2.08. The molecule has 0 radical (unpaired) electrons. The Morgan fingerprint density at radius 1 is 1.06 bits per heavy atom. The van der Waals surface area contributed by atoms with Crippen LogP contribution in [0.3, 0.4) is 0 Å². The first-order valence-corrected chi connectivity index (χ1v) is 5.87. The Bertz CT molecular complexity index is 315. The van der Waals surface area contributed by atoms with E-state index in [1.807, 2.05) is 38.1 Å². The van der Waals surface area contributed by atoms with E-state index < -0.39 is 0 Å². The fourth-order valence-corrected chi connectivity index (χ4v) is 1.27. The minimum atomic E-state index is 0.249. The summed E-state index contributed by atoms with van der Waals surface area (Å²) < 4.78 is 16.2. The molecule has 0 aliphatic heterocycles. The fourth-order valence-electron chi connectivity index (χ4n) is 1.27. The van der Waals surface area contributed by atoms with Crippen LogP contribution in [0.1, 0.15) is 13.8 Å². The molecule has 0 saturated heterocycles. The van der Waals surface area contributed by atoms with E-state index >= 15 is 0 Å². The van der Waals surface area contributed by atoms with Gasteiger partial charge in [0.05, 0.1) is 31.6 Å². The number of hydrogen-bond acceptors (Lipinski definition) is 4. The Labute approximate surface area is 103 Å². The van der Waals surface area contributed by atoms with Crippen LogP contribution in [-0.4, -0.2) is 32.5 Å². The van der Waals surface area contributed by atoms with Gasteiger partial charge in [0.15, 0.2) is 0 Å². The van der Waals surface area contributed by atoms with Crippen LogP contribution in [0.15, 0.2) is 24.3 Å². The molecule has 0 saturated carbocycles. The van der Waals surface area contributed by atoms with Crippen molar-refractivity contribution in [2.45, 2.75) is 20.0 Å². The number of rotatable bonds is 8. The number of hydrogen-bond donors (Lipinski definition) is 1. The van der Waals surface area contributed by atoms with Crippen LogP contribution in [0, 0.1) is 0 Å². The summed E-state index contributed by atoms with van der Waals surface area (Å²) in [6.07, 6.45) is 0.249. The van der Waals surface area contributed by atoms with Gasteiger partial charge in [-0.2, -0.15) is 0 Å². The highest BCUT2D eigenvalue weighted by atomic mass is 16.5. The van der Waals surface area contributed by atoms with E-state index in [1.165, 1.54) is 0 Å². The van der Waals surface area contributed by atoms with Crippen molar-refractivity contribution < 1.29 is 14.2 Å². The van der Waals surface area contributed by atoms with Crippen LogP contribution in [0.25, 0.3) is 0 Å². The Morgan fingerprint density at radius 2 is 1.76 bits per heavy atom. The van der Waals surface area contributed by atoms with Crippen LogP contribution in [0.4, 0.5) is 5.69 Å². The van der Waals surface area contributed by atoms with E-state index in [4.69, 9.17) is 19.9 Å². The molecule has 0 spiro atoms. The van der Waals surface area contributed by atoms with Gasteiger partial charge >= 0.3 is 0 Å². The first-order chi connectivity index (χ1) is 8.20. The highest BCUT2D eigenvalue weighted by Gasteiger charge is 1.98. The lowest BCUT2D eigenvalue weighted by molar-refractivity contribution is 0.0125. The Kier molecular flexibility index (Phi) is 6.43. The zero-order valence-electron chi connectivity index (χ0n) is 10.5. The molecule has 1 rings (SSSR count). The van der Waals surface area contributed by atoms with Crippen molar-refractivity contribution in [1.82, 2.24) is 0 Å². The molecule has 17 heavy (non-hydrogen) atoms. The van der Waals surface area contributed by atoms with E-state index in [-0.39, 0.29) is 6.10 Å². The Balaban J connectivity index is 2.03. The lowest BCUT2D eigenvalue weighted by Crippen LogP contribution is -2.13. The summed E-state index contributed by atoms with van der Waals surface area (Å²) in [6.45, 7) is 6.24. The van der Waals surface area contributed by atoms with Crippen molar-refractivity contribution in [1.29, 1.82) is 0 Å². The van der Waals surface area contributed by atoms with Crippen LogP contribution in [0.2, 0.25) is 0 Å². The third-order valence-corrected chi connectivity index (χ3v) is 2.08. The summed E-state index contributed by atoms with van der Waals surface area (Å²) in [5, 5.41) is 0. The molecule has 4 nitrogen and oxygen atoms in total. The highest BCUT2D eigenvalue weighted by Crippen LogP contribution is 2.19. The molecule has 0 aromatic heterocycles. The van der Waals surface area contributed by atoms with Crippen molar-refractivity contribution in [2.75, 3.05) is 32.2 Å². The second-order valence-electron chi connectivity index (χ2n) is 3.92. The van der Waals surface area contributed by atoms with Gasteiger partial charge in [-0.15, -0.1) is 0 Å². The van der Waals surface area contributed by atoms with Gasteiger partial charge in [0.2, 0.25) is 0 Å². The molecule has 0 amide bonds. The van der Waals surface area contributed by atoms with Crippen molar-refractivity contribution in [3.05, 3.63) is 24.3 Å². The van der Waals surface area contributed by atoms with E-state index in [9.17, 15) is 0 Å². The molecule has 1 aromatic carbocycles. The van der Waals surface area contributed by atoms with E-state index in [1.54, 1.807) is 0 Å². The number of nitrogens with two attached hydrogens (primary N) is 1. The van der Waals surface area contributed by atoms with Gasteiger partial charge in [-0.1, -0.05) is 12.1 Å². The molecule has 96 valence electrons. The van der Waals surface area contributed by atoms with Gasteiger partial charge in [-0.3, -0.25) is 0 Å². The number of anilines is 1. The molecule has 2 N–H and O–H groups in total. The first kappa shape index (κ1) is 13.8.